The van der Waals surface area contributed by atoms with Crippen LogP contribution in [-0.2, 0) is 13.0 Å². The molecule has 19 heavy (non-hydrogen) atoms. The van der Waals surface area contributed by atoms with Crippen molar-refractivity contribution in [3.05, 3.63) is 48.0 Å². The summed E-state index contributed by atoms with van der Waals surface area (Å²) in [5.74, 6) is 1.38. The van der Waals surface area contributed by atoms with Crippen LogP contribution < -0.4 is 10.5 Å². The molecule has 3 rings (SSSR count). The second kappa shape index (κ2) is 4.64. The highest BCUT2D eigenvalue weighted by molar-refractivity contribution is 5.93. The number of amidine groups is 1. The fraction of sp³-hybridized carbons (Fsp3) is 0.231. The van der Waals surface area contributed by atoms with Crippen molar-refractivity contribution < 1.29 is 9.94 Å². The fourth-order valence-electron chi connectivity index (χ4n) is 2.31. The minimum atomic E-state index is 0.000473. The molecule has 1 unspecified atom stereocenters. The minimum absolute atomic E-state index is 0.000473. The molecule has 2 aromatic rings. The van der Waals surface area contributed by atoms with Crippen molar-refractivity contribution in [2.24, 2.45) is 10.9 Å². The molecule has 1 aromatic carbocycles. The summed E-state index contributed by atoms with van der Waals surface area (Å²) >= 11 is 0. The highest BCUT2D eigenvalue weighted by Gasteiger charge is 2.23. The van der Waals surface area contributed by atoms with E-state index in [1.165, 1.54) is 5.56 Å². The molecule has 0 saturated carbocycles. The van der Waals surface area contributed by atoms with Gasteiger partial charge in [-0.2, -0.15) is 0 Å². The molecule has 2 heterocycles. The van der Waals surface area contributed by atoms with Crippen LogP contribution in [0.25, 0.3) is 0 Å². The van der Waals surface area contributed by atoms with Crippen LogP contribution in [0.2, 0.25) is 0 Å². The van der Waals surface area contributed by atoms with Gasteiger partial charge in [-0.25, -0.2) is 4.98 Å². The van der Waals surface area contributed by atoms with E-state index in [4.69, 9.17) is 15.7 Å². The van der Waals surface area contributed by atoms with Crippen molar-refractivity contribution >= 4 is 5.84 Å². The first-order valence-corrected chi connectivity index (χ1v) is 6.01. The van der Waals surface area contributed by atoms with Gasteiger partial charge in [-0.05, 0) is 11.6 Å². The molecule has 1 atom stereocenters. The first kappa shape index (κ1) is 11.6. The number of imidazole rings is 1. The Hall–Kier alpha value is -2.50. The van der Waals surface area contributed by atoms with E-state index in [0.29, 0.717) is 12.4 Å². The van der Waals surface area contributed by atoms with Gasteiger partial charge in [0.1, 0.15) is 11.9 Å². The summed E-state index contributed by atoms with van der Waals surface area (Å²) in [5.41, 5.74) is 6.78. The van der Waals surface area contributed by atoms with E-state index in [-0.39, 0.29) is 11.9 Å². The predicted octanol–water partition coefficient (Wildman–Crippen LogP) is 0.981. The number of nitrogens with zero attached hydrogens (tertiary/aromatic N) is 3. The number of rotatable bonds is 3. The topological polar surface area (TPSA) is 85.7 Å². The van der Waals surface area contributed by atoms with Crippen LogP contribution in [-0.4, -0.2) is 26.7 Å². The molecule has 0 fully saturated rings. The number of oxime groups is 1. The number of ether oxygens (including phenoxy) is 1. The van der Waals surface area contributed by atoms with Crippen molar-refractivity contribution in [1.82, 2.24) is 9.55 Å². The lowest BCUT2D eigenvalue weighted by atomic mass is 10.1. The van der Waals surface area contributed by atoms with E-state index >= 15 is 0 Å². The Morgan fingerprint density at radius 1 is 1.53 bits per heavy atom. The number of para-hydroxylation sites is 1. The molecule has 1 aliphatic heterocycles. The zero-order valence-corrected chi connectivity index (χ0v) is 10.2. The largest absolute Gasteiger partial charge is 0.488 e. The first-order valence-electron chi connectivity index (χ1n) is 6.01. The average molecular weight is 258 g/mol. The Bertz CT molecular complexity index is 596. The predicted molar refractivity (Wildman–Crippen MR) is 69.3 cm³/mol. The van der Waals surface area contributed by atoms with Crippen molar-refractivity contribution in [1.29, 1.82) is 0 Å². The minimum Gasteiger partial charge on any atom is -0.488 e. The summed E-state index contributed by atoms with van der Waals surface area (Å²) in [7, 11) is 0. The van der Waals surface area contributed by atoms with Gasteiger partial charge in [-0.15, -0.1) is 0 Å². The molecule has 1 aromatic heterocycles. The van der Waals surface area contributed by atoms with Gasteiger partial charge in [0.05, 0.1) is 6.54 Å². The number of benzene rings is 1. The lowest BCUT2D eigenvalue weighted by Gasteiger charge is -2.13. The van der Waals surface area contributed by atoms with Crippen LogP contribution in [0.3, 0.4) is 0 Å². The number of hydrogen-bond acceptors (Lipinski definition) is 4. The Kier molecular flexibility index (Phi) is 2.83. The number of hydrogen-bond donors (Lipinski definition) is 2. The van der Waals surface area contributed by atoms with E-state index in [0.717, 1.165) is 12.2 Å². The first-order chi connectivity index (χ1) is 9.28. The van der Waals surface area contributed by atoms with Gasteiger partial charge in [0.25, 0.3) is 0 Å². The average Bonchev–Trinajstić information content (AvgIpc) is 3.04. The van der Waals surface area contributed by atoms with E-state index in [1.54, 1.807) is 12.4 Å². The monoisotopic (exact) mass is 258 g/mol. The van der Waals surface area contributed by atoms with Gasteiger partial charge in [0, 0.05) is 18.8 Å². The Morgan fingerprint density at radius 2 is 2.37 bits per heavy atom. The summed E-state index contributed by atoms with van der Waals surface area (Å²) in [5, 5.41) is 11.7. The Morgan fingerprint density at radius 3 is 3.16 bits per heavy atom. The molecule has 0 bridgehead atoms. The van der Waals surface area contributed by atoms with Crippen LogP contribution >= 0.6 is 0 Å². The fourth-order valence-corrected chi connectivity index (χ4v) is 2.31. The zero-order chi connectivity index (χ0) is 13.2. The normalized spacial score (nSPS) is 18.1. The summed E-state index contributed by atoms with van der Waals surface area (Å²) in [4.78, 5) is 4.07. The maximum absolute atomic E-state index is 8.71. The van der Waals surface area contributed by atoms with E-state index < -0.39 is 0 Å². The molecular weight excluding hydrogens is 244 g/mol. The van der Waals surface area contributed by atoms with Crippen molar-refractivity contribution in [2.45, 2.75) is 19.1 Å². The standard InChI is InChI=1S/C13H14N4O2/c14-12(16-18)13-15-5-6-17(13)8-10-7-9-3-1-2-4-11(9)19-10/h1-6,10,18H,7-8H2,(H2,14,16). The Balaban J connectivity index is 1.76. The molecule has 0 saturated heterocycles. The third kappa shape index (κ3) is 2.12. The lowest BCUT2D eigenvalue weighted by Crippen LogP contribution is -2.26. The Labute approximate surface area is 110 Å². The number of fused-ring (bicyclic) bond motifs is 1. The summed E-state index contributed by atoms with van der Waals surface area (Å²) in [6.07, 6.45) is 4.30. The molecule has 98 valence electrons. The van der Waals surface area contributed by atoms with Gasteiger partial charge in [0.2, 0.25) is 5.84 Å². The molecule has 0 spiro atoms. The van der Waals surface area contributed by atoms with Crippen molar-refractivity contribution in [2.75, 3.05) is 0 Å². The van der Waals surface area contributed by atoms with E-state index in [2.05, 4.69) is 16.2 Å². The highest BCUT2D eigenvalue weighted by atomic mass is 16.5. The molecular formula is C13H14N4O2. The quantitative estimate of drug-likeness (QED) is 0.372. The highest BCUT2D eigenvalue weighted by Crippen LogP contribution is 2.28. The zero-order valence-electron chi connectivity index (χ0n) is 10.2. The summed E-state index contributed by atoms with van der Waals surface area (Å²) in [6, 6.07) is 7.99. The van der Waals surface area contributed by atoms with Crippen LogP contribution in [0.1, 0.15) is 11.4 Å². The smallest absolute Gasteiger partial charge is 0.206 e. The third-order valence-electron chi connectivity index (χ3n) is 3.17. The van der Waals surface area contributed by atoms with Crippen LogP contribution in [0.4, 0.5) is 0 Å². The van der Waals surface area contributed by atoms with E-state index in [9.17, 15) is 0 Å². The molecule has 3 N–H and O–H groups in total. The van der Waals surface area contributed by atoms with Crippen LogP contribution in [0.15, 0.2) is 41.8 Å². The van der Waals surface area contributed by atoms with Gasteiger partial charge in [-0.1, -0.05) is 23.4 Å². The second-order valence-electron chi connectivity index (χ2n) is 4.44. The molecule has 1 aliphatic rings. The maximum Gasteiger partial charge on any atom is 0.206 e. The molecule has 0 amide bonds. The van der Waals surface area contributed by atoms with Crippen LogP contribution in [0, 0.1) is 0 Å². The van der Waals surface area contributed by atoms with Gasteiger partial charge in [-0.3, -0.25) is 0 Å². The van der Waals surface area contributed by atoms with Crippen molar-refractivity contribution in [3.8, 4) is 5.75 Å². The lowest BCUT2D eigenvalue weighted by molar-refractivity contribution is 0.209. The number of aromatic nitrogens is 2. The van der Waals surface area contributed by atoms with E-state index in [1.807, 2.05) is 22.8 Å². The molecule has 6 nitrogen and oxygen atoms in total. The third-order valence-corrected chi connectivity index (χ3v) is 3.17. The SMILES string of the molecule is NC(=NO)c1nccn1CC1Cc2ccccc2O1. The summed E-state index contributed by atoms with van der Waals surface area (Å²) < 4.78 is 7.68. The van der Waals surface area contributed by atoms with Crippen molar-refractivity contribution in [3.63, 3.8) is 0 Å². The van der Waals surface area contributed by atoms with Gasteiger partial charge < -0.3 is 20.2 Å². The summed E-state index contributed by atoms with van der Waals surface area (Å²) in [6.45, 7) is 0.611. The molecule has 0 radical (unpaired) electrons. The molecule has 0 aliphatic carbocycles. The second-order valence-corrected chi connectivity index (χ2v) is 4.44. The number of nitrogens with two attached hydrogens (primary N) is 1. The molecule has 6 heteroatoms. The van der Waals surface area contributed by atoms with Crippen LogP contribution in [0.5, 0.6) is 5.75 Å². The van der Waals surface area contributed by atoms with Gasteiger partial charge in [0.15, 0.2) is 5.82 Å². The maximum atomic E-state index is 8.71. The van der Waals surface area contributed by atoms with Gasteiger partial charge >= 0.3 is 0 Å².